The predicted octanol–water partition coefficient (Wildman–Crippen LogP) is 0.555. The molecule has 0 aromatic carbocycles. The van der Waals surface area contributed by atoms with E-state index in [0.29, 0.717) is 17.2 Å². The van der Waals surface area contributed by atoms with Crippen molar-refractivity contribution in [2.45, 2.75) is 25.7 Å². The molecule has 0 saturated carbocycles. The molecule has 1 saturated heterocycles. The Morgan fingerprint density at radius 3 is 2.73 bits per heavy atom. The van der Waals surface area contributed by atoms with Crippen LogP contribution < -0.4 is 11.3 Å². The molecule has 1 aromatic rings. The van der Waals surface area contributed by atoms with Crippen LogP contribution in [0.2, 0.25) is 0 Å². The molecule has 15 heavy (non-hydrogen) atoms. The van der Waals surface area contributed by atoms with Crippen LogP contribution in [0.1, 0.15) is 30.1 Å². The average molecular weight is 209 g/mol. The molecule has 82 valence electrons. The third-order valence-corrected chi connectivity index (χ3v) is 2.82. The van der Waals surface area contributed by atoms with Gasteiger partial charge in [0.1, 0.15) is 11.6 Å². The number of rotatable bonds is 1. The van der Waals surface area contributed by atoms with Crippen molar-refractivity contribution in [2.75, 3.05) is 18.9 Å². The molecular formula is C10H15N3O2. The normalized spacial score (nSPS) is 17.9. The standard InChI is InChI=1S/C10H15N3O2/c1-6-8(11)12-9(13-10(6)14)7-2-4-15-5-3-7/h7H,2-5H2,1H3,(H3,11,12,13,14). The number of hydrogen-bond acceptors (Lipinski definition) is 4. The third-order valence-electron chi connectivity index (χ3n) is 2.82. The zero-order valence-corrected chi connectivity index (χ0v) is 8.75. The van der Waals surface area contributed by atoms with Crippen LogP contribution in [0.15, 0.2) is 4.79 Å². The smallest absolute Gasteiger partial charge is 0.255 e. The minimum atomic E-state index is -0.135. The Morgan fingerprint density at radius 2 is 2.13 bits per heavy atom. The number of anilines is 1. The molecule has 1 fully saturated rings. The predicted molar refractivity (Wildman–Crippen MR) is 56.8 cm³/mol. The van der Waals surface area contributed by atoms with Gasteiger partial charge in [-0.1, -0.05) is 0 Å². The number of H-pyrrole nitrogens is 1. The molecule has 0 atom stereocenters. The first-order valence-corrected chi connectivity index (χ1v) is 5.12. The summed E-state index contributed by atoms with van der Waals surface area (Å²) in [6.45, 7) is 3.12. The van der Waals surface area contributed by atoms with E-state index >= 15 is 0 Å². The van der Waals surface area contributed by atoms with E-state index in [1.165, 1.54) is 0 Å². The summed E-state index contributed by atoms with van der Waals surface area (Å²) in [5.74, 6) is 1.31. The van der Waals surface area contributed by atoms with Gasteiger partial charge >= 0.3 is 0 Å². The van der Waals surface area contributed by atoms with Gasteiger partial charge in [-0.3, -0.25) is 4.79 Å². The SMILES string of the molecule is Cc1c(N)nc(C2CCOCC2)[nH]c1=O. The van der Waals surface area contributed by atoms with Gasteiger partial charge in [-0.2, -0.15) is 0 Å². The third kappa shape index (κ3) is 2.02. The lowest BCUT2D eigenvalue weighted by molar-refractivity contribution is 0.0835. The van der Waals surface area contributed by atoms with Crippen molar-refractivity contribution in [3.63, 3.8) is 0 Å². The number of aromatic nitrogens is 2. The van der Waals surface area contributed by atoms with E-state index in [9.17, 15) is 4.79 Å². The highest BCUT2D eigenvalue weighted by atomic mass is 16.5. The lowest BCUT2D eigenvalue weighted by atomic mass is 9.99. The number of nitrogen functional groups attached to an aromatic ring is 1. The number of hydrogen-bond donors (Lipinski definition) is 2. The molecular weight excluding hydrogens is 194 g/mol. The largest absolute Gasteiger partial charge is 0.383 e. The van der Waals surface area contributed by atoms with E-state index in [1.54, 1.807) is 6.92 Å². The zero-order valence-electron chi connectivity index (χ0n) is 8.75. The number of nitrogens with two attached hydrogens (primary N) is 1. The Kier molecular flexibility index (Phi) is 2.73. The number of nitrogens with one attached hydrogen (secondary N) is 1. The Labute approximate surface area is 87.7 Å². The van der Waals surface area contributed by atoms with Crippen LogP contribution in [0.25, 0.3) is 0 Å². The minimum absolute atomic E-state index is 0.135. The second-order valence-corrected chi connectivity index (χ2v) is 3.85. The Bertz CT molecular complexity index is 408. The summed E-state index contributed by atoms with van der Waals surface area (Å²) >= 11 is 0. The summed E-state index contributed by atoms with van der Waals surface area (Å²) < 4.78 is 5.25. The molecule has 0 unspecified atom stereocenters. The summed E-state index contributed by atoms with van der Waals surface area (Å²) in [5.41, 5.74) is 6.02. The quantitative estimate of drug-likeness (QED) is 0.708. The van der Waals surface area contributed by atoms with Gasteiger partial charge < -0.3 is 15.5 Å². The molecule has 5 heteroatoms. The van der Waals surface area contributed by atoms with Gasteiger partial charge in [-0.05, 0) is 19.8 Å². The zero-order chi connectivity index (χ0) is 10.8. The van der Waals surface area contributed by atoms with Crippen LogP contribution in [0.4, 0.5) is 5.82 Å². The fourth-order valence-electron chi connectivity index (χ4n) is 1.73. The molecule has 1 aromatic heterocycles. The van der Waals surface area contributed by atoms with Gasteiger partial charge in [0.05, 0.1) is 5.56 Å². The number of aromatic amines is 1. The van der Waals surface area contributed by atoms with Crippen molar-refractivity contribution in [1.29, 1.82) is 0 Å². The maximum atomic E-state index is 11.5. The summed E-state index contributed by atoms with van der Waals surface area (Å²) in [6, 6.07) is 0. The van der Waals surface area contributed by atoms with E-state index in [4.69, 9.17) is 10.5 Å². The van der Waals surface area contributed by atoms with Crippen molar-refractivity contribution in [1.82, 2.24) is 9.97 Å². The van der Waals surface area contributed by atoms with Crippen molar-refractivity contribution in [3.05, 3.63) is 21.7 Å². The minimum Gasteiger partial charge on any atom is -0.383 e. The number of nitrogens with zero attached hydrogens (tertiary/aromatic N) is 1. The van der Waals surface area contributed by atoms with E-state index in [-0.39, 0.29) is 11.5 Å². The summed E-state index contributed by atoms with van der Waals surface area (Å²) in [5, 5.41) is 0. The maximum absolute atomic E-state index is 11.5. The second kappa shape index (κ2) is 4.02. The molecule has 0 amide bonds. The highest BCUT2D eigenvalue weighted by Gasteiger charge is 2.19. The molecule has 1 aliphatic heterocycles. The molecule has 3 N–H and O–H groups in total. The second-order valence-electron chi connectivity index (χ2n) is 3.85. The van der Waals surface area contributed by atoms with Crippen LogP contribution in [-0.2, 0) is 4.74 Å². The topological polar surface area (TPSA) is 81.0 Å². The molecule has 0 spiro atoms. The Hall–Kier alpha value is -1.36. The van der Waals surface area contributed by atoms with E-state index in [1.807, 2.05) is 0 Å². The van der Waals surface area contributed by atoms with Crippen molar-refractivity contribution < 1.29 is 4.74 Å². The Morgan fingerprint density at radius 1 is 1.47 bits per heavy atom. The van der Waals surface area contributed by atoms with Crippen LogP contribution in [0.3, 0.4) is 0 Å². The van der Waals surface area contributed by atoms with Gasteiger partial charge in [0.15, 0.2) is 0 Å². The first-order valence-electron chi connectivity index (χ1n) is 5.12. The van der Waals surface area contributed by atoms with E-state index in [2.05, 4.69) is 9.97 Å². The highest BCUT2D eigenvalue weighted by Crippen LogP contribution is 2.23. The van der Waals surface area contributed by atoms with Gasteiger partial charge in [0, 0.05) is 19.1 Å². The monoisotopic (exact) mass is 209 g/mol. The van der Waals surface area contributed by atoms with E-state index < -0.39 is 0 Å². The van der Waals surface area contributed by atoms with Crippen LogP contribution >= 0.6 is 0 Å². The molecule has 1 aliphatic rings. The summed E-state index contributed by atoms with van der Waals surface area (Å²) in [7, 11) is 0. The fraction of sp³-hybridized carbons (Fsp3) is 0.600. The maximum Gasteiger partial charge on any atom is 0.255 e. The van der Waals surface area contributed by atoms with Crippen LogP contribution in [-0.4, -0.2) is 23.2 Å². The average Bonchev–Trinajstić information content (AvgIpc) is 2.26. The molecule has 0 radical (unpaired) electrons. The first kappa shape index (κ1) is 10.2. The molecule has 2 rings (SSSR count). The molecule has 0 aliphatic carbocycles. The van der Waals surface area contributed by atoms with Crippen LogP contribution in [0.5, 0.6) is 0 Å². The van der Waals surface area contributed by atoms with Crippen molar-refractivity contribution >= 4 is 5.82 Å². The molecule has 2 heterocycles. The van der Waals surface area contributed by atoms with Crippen molar-refractivity contribution in [2.24, 2.45) is 0 Å². The van der Waals surface area contributed by atoms with Gasteiger partial charge in [-0.15, -0.1) is 0 Å². The number of ether oxygens (including phenoxy) is 1. The summed E-state index contributed by atoms with van der Waals surface area (Å²) in [6.07, 6.45) is 1.79. The molecule has 5 nitrogen and oxygen atoms in total. The lowest BCUT2D eigenvalue weighted by Gasteiger charge is -2.21. The van der Waals surface area contributed by atoms with Gasteiger partial charge in [0.2, 0.25) is 0 Å². The highest BCUT2D eigenvalue weighted by molar-refractivity contribution is 5.36. The first-order chi connectivity index (χ1) is 7.18. The fourth-order valence-corrected chi connectivity index (χ4v) is 1.73. The van der Waals surface area contributed by atoms with Gasteiger partial charge in [-0.25, -0.2) is 4.98 Å². The Balaban J connectivity index is 2.32. The molecule has 0 bridgehead atoms. The lowest BCUT2D eigenvalue weighted by Crippen LogP contribution is -2.22. The van der Waals surface area contributed by atoms with E-state index in [0.717, 1.165) is 26.1 Å². The summed E-state index contributed by atoms with van der Waals surface area (Å²) in [4.78, 5) is 18.5. The van der Waals surface area contributed by atoms with Crippen molar-refractivity contribution in [3.8, 4) is 0 Å². The van der Waals surface area contributed by atoms with Gasteiger partial charge in [0.25, 0.3) is 5.56 Å². The van der Waals surface area contributed by atoms with Crippen LogP contribution in [0, 0.1) is 6.92 Å².